The van der Waals surface area contributed by atoms with Gasteiger partial charge in [0, 0.05) is 5.57 Å². The minimum atomic E-state index is -1.28. The summed E-state index contributed by atoms with van der Waals surface area (Å²) in [4.78, 5) is 37.0. The van der Waals surface area contributed by atoms with Crippen LogP contribution in [0, 0.1) is 5.92 Å². The van der Waals surface area contributed by atoms with Gasteiger partial charge in [-0.3, -0.25) is 4.79 Å². The molecule has 134 valence electrons. The van der Waals surface area contributed by atoms with Gasteiger partial charge >= 0.3 is 17.9 Å². The number of esters is 3. The molecular weight excluding hydrogens is 312 g/mol. The van der Waals surface area contributed by atoms with Crippen molar-refractivity contribution in [3.8, 4) is 0 Å². The molecule has 2 aliphatic rings. The molecule has 2 unspecified atom stereocenters. The number of rotatable bonds is 3. The quantitative estimate of drug-likeness (QED) is 0.447. The molecule has 2 atom stereocenters. The number of carbonyl (C=O) groups is 3. The normalized spacial score (nSPS) is 25.9. The van der Waals surface area contributed by atoms with E-state index < -0.39 is 41.1 Å². The Balaban J connectivity index is 2.33. The molecule has 0 N–H and O–H groups in total. The van der Waals surface area contributed by atoms with E-state index in [0.717, 1.165) is 19.3 Å². The summed E-state index contributed by atoms with van der Waals surface area (Å²) in [5.74, 6) is -2.89. The fraction of sp³-hybridized carbons (Fsp3) is 0.722. The Morgan fingerprint density at radius 1 is 1.21 bits per heavy atom. The summed E-state index contributed by atoms with van der Waals surface area (Å²) in [5.41, 5.74) is -1.48. The fourth-order valence-corrected chi connectivity index (χ4v) is 3.33. The van der Waals surface area contributed by atoms with E-state index in [9.17, 15) is 14.4 Å². The standard InChI is InChI=1S/C18H26O6/c1-11(2)14(19)22-13-12(15(20)23-17(3,4)5)18(24-16(13)21)9-7-6-8-10-18/h12-13H,1,6-10H2,2-5H3. The second-order valence-electron chi connectivity index (χ2n) is 7.66. The lowest BCUT2D eigenvalue weighted by Gasteiger charge is -2.36. The predicted octanol–water partition coefficient (Wildman–Crippen LogP) is 2.69. The van der Waals surface area contributed by atoms with Gasteiger partial charge in [-0.2, -0.15) is 0 Å². The Bertz CT molecular complexity index is 550. The highest BCUT2D eigenvalue weighted by Gasteiger charge is 2.62. The molecule has 0 aromatic rings. The molecule has 1 saturated carbocycles. The zero-order chi connectivity index (χ0) is 18.1. The van der Waals surface area contributed by atoms with E-state index in [1.54, 1.807) is 20.8 Å². The van der Waals surface area contributed by atoms with Crippen molar-refractivity contribution < 1.29 is 28.6 Å². The van der Waals surface area contributed by atoms with E-state index >= 15 is 0 Å². The molecule has 1 heterocycles. The maximum atomic E-state index is 12.8. The Labute approximate surface area is 142 Å². The summed E-state index contributed by atoms with van der Waals surface area (Å²) >= 11 is 0. The van der Waals surface area contributed by atoms with E-state index in [4.69, 9.17) is 14.2 Å². The van der Waals surface area contributed by atoms with Crippen molar-refractivity contribution in [1.29, 1.82) is 0 Å². The monoisotopic (exact) mass is 338 g/mol. The van der Waals surface area contributed by atoms with Gasteiger partial charge in [-0.15, -0.1) is 0 Å². The Morgan fingerprint density at radius 2 is 1.79 bits per heavy atom. The van der Waals surface area contributed by atoms with E-state index in [1.165, 1.54) is 6.92 Å². The molecular formula is C18H26O6. The molecule has 2 rings (SSSR count). The molecule has 0 aromatic carbocycles. The van der Waals surface area contributed by atoms with Crippen molar-refractivity contribution in [1.82, 2.24) is 0 Å². The summed E-state index contributed by atoms with van der Waals surface area (Å²) < 4.78 is 16.3. The third-order valence-corrected chi connectivity index (χ3v) is 4.35. The summed E-state index contributed by atoms with van der Waals surface area (Å²) in [6, 6.07) is 0. The van der Waals surface area contributed by atoms with Crippen LogP contribution in [0.3, 0.4) is 0 Å². The largest absolute Gasteiger partial charge is 0.460 e. The van der Waals surface area contributed by atoms with E-state index in [1.807, 2.05) is 0 Å². The fourth-order valence-electron chi connectivity index (χ4n) is 3.33. The zero-order valence-electron chi connectivity index (χ0n) is 14.8. The van der Waals surface area contributed by atoms with Crippen molar-refractivity contribution in [2.45, 2.75) is 77.1 Å². The Hall–Kier alpha value is -1.85. The van der Waals surface area contributed by atoms with Crippen LogP contribution in [0.4, 0.5) is 0 Å². The van der Waals surface area contributed by atoms with Crippen LogP contribution >= 0.6 is 0 Å². The van der Waals surface area contributed by atoms with Crippen molar-refractivity contribution in [2.75, 3.05) is 0 Å². The average molecular weight is 338 g/mol. The van der Waals surface area contributed by atoms with Gasteiger partial charge in [0.15, 0.2) is 0 Å². The van der Waals surface area contributed by atoms with E-state index in [-0.39, 0.29) is 5.57 Å². The minimum absolute atomic E-state index is 0.162. The highest BCUT2D eigenvalue weighted by molar-refractivity contribution is 5.93. The van der Waals surface area contributed by atoms with Gasteiger partial charge in [-0.25, -0.2) is 9.59 Å². The smallest absolute Gasteiger partial charge is 0.349 e. The van der Waals surface area contributed by atoms with E-state index in [0.29, 0.717) is 12.8 Å². The van der Waals surface area contributed by atoms with Gasteiger partial charge in [-0.1, -0.05) is 13.0 Å². The Kier molecular flexibility index (Phi) is 5.06. The number of carbonyl (C=O) groups excluding carboxylic acids is 3. The highest BCUT2D eigenvalue weighted by Crippen LogP contribution is 2.46. The van der Waals surface area contributed by atoms with Crippen LogP contribution in [0.5, 0.6) is 0 Å². The minimum Gasteiger partial charge on any atom is -0.460 e. The second-order valence-corrected chi connectivity index (χ2v) is 7.66. The molecule has 0 radical (unpaired) electrons. The van der Waals surface area contributed by atoms with Gasteiger partial charge in [0.25, 0.3) is 0 Å². The van der Waals surface area contributed by atoms with Crippen molar-refractivity contribution in [3.05, 3.63) is 12.2 Å². The summed E-state index contributed by atoms with van der Waals surface area (Å²) in [6.45, 7) is 10.3. The zero-order valence-corrected chi connectivity index (χ0v) is 14.8. The third kappa shape index (κ3) is 3.79. The van der Waals surface area contributed by atoms with Gasteiger partial charge in [0.2, 0.25) is 6.10 Å². The first-order valence-electron chi connectivity index (χ1n) is 8.38. The molecule has 24 heavy (non-hydrogen) atoms. The van der Waals surface area contributed by atoms with Crippen LogP contribution in [-0.2, 0) is 28.6 Å². The topological polar surface area (TPSA) is 78.9 Å². The molecule has 0 bridgehead atoms. The molecule has 6 nitrogen and oxygen atoms in total. The van der Waals surface area contributed by atoms with Gasteiger partial charge in [0.05, 0.1) is 0 Å². The van der Waals surface area contributed by atoms with Crippen LogP contribution in [-0.4, -0.2) is 35.2 Å². The van der Waals surface area contributed by atoms with Crippen LogP contribution in [0.2, 0.25) is 0 Å². The van der Waals surface area contributed by atoms with Gasteiger partial charge in [0.1, 0.15) is 17.1 Å². The SMILES string of the molecule is C=C(C)C(=O)OC1C(=O)OC2(CCCCC2)C1C(=O)OC(C)(C)C. The molecule has 1 saturated heterocycles. The lowest BCUT2D eigenvalue weighted by Crippen LogP contribution is -2.48. The number of hydrogen-bond acceptors (Lipinski definition) is 6. The first kappa shape index (κ1) is 18.5. The van der Waals surface area contributed by atoms with Crippen molar-refractivity contribution >= 4 is 17.9 Å². The second kappa shape index (κ2) is 6.57. The first-order valence-corrected chi connectivity index (χ1v) is 8.38. The third-order valence-electron chi connectivity index (χ3n) is 4.35. The molecule has 2 fully saturated rings. The highest BCUT2D eigenvalue weighted by atomic mass is 16.6. The first-order chi connectivity index (χ1) is 11.1. The summed E-state index contributed by atoms with van der Waals surface area (Å²) in [6.07, 6.45) is 2.60. The molecule has 1 aliphatic carbocycles. The van der Waals surface area contributed by atoms with Crippen molar-refractivity contribution in [3.63, 3.8) is 0 Å². The van der Waals surface area contributed by atoms with Gasteiger partial charge in [-0.05, 0) is 53.4 Å². The molecule has 0 aromatic heterocycles. The maximum Gasteiger partial charge on any atom is 0.349 e. The van der Waals surface area contributed by atoms with Crippen LogP contribution in [0.25, 0.3) is 0 Å². The lowest BCUT2D eigenvalue weighted by atomic mass is 9.75. The number of ether oxygens (including phenoxy) is 3. The summed E-state index contributed by atoms with van der Waals surface area (Å²) in [7, 11) is 0. The van der Waals surface area contributed by atoms with Crippen LogP contribution in [0.1, 0.15) is 59.8 Å². The Morgan fingerprint density at radius 3 is 2.29 bits per heavy atom. The summed E-state index contributed by atoms with van der Waals surface area (Å²) in [5, 5.41) is 0. The van der Waals surface area contributed by atoms with E-state index in [2.05, 4.69) is 6.58 Å². The molecule has 0 amide bonds. The number of hydrogen-bond donors (Lipinski definition) is 0. The van der Waals surface area contributed by atoms with Crippen molar-refractivity contribution in [2.24, 2.45) is 5.92 Å². The predicted molar refractivity (Wildman–Crippen MR) is 85.9 cm³/mol. The van der Waals surface area contributed by atoms with Crippen LogP contribution < -0.4 is 0 Å². The molecule has 1 spiro atoms. The average Bonchev–Trinajstić information content (AvgIpc) is 2.69. The van der Waals surface area contributed by atoms with Crippen LogP contribution in [0.15, 0.2) is 12.2 Å². The lowest BCUT2D eigenvalue weighted by molar-refractivity contribution is -0.172. The molecule has 6 heteroatoms. The van der Waals surface area contributed by atoms with Gasteiger partial charge < -0.3 is 14.2 Å². The molecule has 1 aliphatic heterocycles. The maximum absolute atomic E-state index is 12.8.